The van der Waals surface area contributed by atoms with Crippen LogP contribution in [0.5, 0.6) is 0 Å². The molecule has 2 rings (SSSR count). The van der Waals surface area contributed by atoms with Crippen LogP contribution in [0.15, 0.2) is 4.47 Å². The van der Waals surface area contributed by atoms with E-state index in [2.05, 4.69) is 39.6 Å². The van der Waals surface area contributed by atoms with Crippen LogP contribution in [0.2, 0.25) is 0 Å². The van der Waals surface area contributed by atoms with Crippen molar-refractivity contribution in [2.75, 3.05) is 5.88 Å². The highest BCUT2D eigenvalue weighted by atomic mass is 79.9. The van der Waals surface area contributed by atoms with Gasteiger partial charge in [0.15, 0.2) is 0 Å². The molecule has 1 aromatic heterocycles. The van der Waals surface area contributed by atoms with Crippen molar-refractivity contribution >= 4 is 27.5 Å². The molecule has 4 heteroatoms. The number of hydrogen-bond acceptors (Lipinski definition) is 1. The first kappa shape index (κ1) is 14.4. The maximum atomic E-state index is 6.30. The van der Waals surface area contributed by atoms with E-state index in [1.54, 1.807) is 0 Å². The fourth-order valence-corrected chi connectivity index (χ4v) is 3.84. The molecule has 0 N–H and O–H groups in total. The van der Waals surface area contributed by atoms with Crippen molar-refractivity contribution in [3.8, 4) is 0 Å². The van der Waals surface area contributed by atoms with Crippen molar-refractivity contribution < 1.29 is 0 Å². The molecule has 0 aliphatic heterocycles. The first-order valence-corrected chi connectivity index (χ1v) is 8.22. The molecular formula is C14H22BrClN2. The van der Waals surface area contributed by atoms with Crippen LogP contribution in [-0.2, 0) is 13.0 Å². The summed E-state index contributed by atoms with van der Waals surface area (Å²) >= 11 is 9.99. The van der Waals surface area contributed by atoms with E-state index in [1.807, 2.05) is 0 Å². The van der Waals surface area contributed by atoms with Gasteiger partial charge in [-0.15, -0.1) is 11.6 Å². The fraction of sp³-hybridized carbons (Fsp3) is 0.786. The van der Waals surface area contributed by atoms with Crippen molar-refractivity contribution in [3.05, 3.63) is 15.9 Å². The van der Waals surface area contributed by atoms with Gasteiger partial charge in [0.1, 0.15) is 0 Å². The van der Waals surface area contributed by atoms with E-state index in [9.17, 15) is 0 Å². The third-order valence-electron chi connectivity index (χ3n) is 4.19. The fourth-order valence-electron chi connectivity index (χ4n) is 3.05. The third kappa shape index (κ3) is 2.77. The second kappa shape index (κ2) is 5.96. The lowest BCUT2D eigenvalue weighted by molar-refractivity contribution is 0.214. The number of halogens is 2. The lowest BCUT2D eigenvalue weighted by Crippen LogP contribution is -2.30. The molecular weight excluding hydrogens is 312 g/mol. The minimum Gasteiger partial charge on any atom is -0.268 e. The van der Waals surface area contributed by atoms with Crippen LogP contribution in [0.3, 0.4) is 0 Å². The van der Waals surface area contributed by atoms with Crippen LogP contribution in [0.1, 0.15) is 50.4 Å². The zero-order valence-electron chi connectivity index (χ0n) is 11.3. The lowest BCUT2D eigenvalue weighted by Gasteiger charge is -2.35. The Morgan fingerprint density at radius 2 is 2.00 bits per heavy atom. The van der Waals surface area contributed by atoms with Gasteiger partial charge in [-0.1, -0.05) is 19.3 Å². The number of aromatic nitrogens is 2. The second-order valence-corrected chi connectivity index (χ2v) is 6.59. The first-order chi connectivity index (χ1) is 8.62. The molecule has 0 radical (unpaired) electrons. The number of rotatable bonds is 4. The molecule has 2 nitrogen and oxygen atoms in total. The van der Waals surface area contributed by atoms with E-state index in [0.29, 0.717) is 5.41 Å². The van der Waals surface area contributed by atoms with Crippen LogP contribution < -0.4 is 0 Å². The molecule has 1 aromatic rings. The van der Waals surface area contributed by atoms with Gasteiger partial charge in [0, 0.05) is 12.4 Å². The average Bonchev–Trinajstić information content (AvgIpc) is 2.67. The maximum absolute atomic E-state index is 6.30. The standard InChI is InChI=1S/C14H22BrClN2/c1-3-18-12(13(15)11(2)17-18)9-14(10-16)7-5-4-6-8-14/h3-10H2,1-2H3. The van der Waals surface area contributed by atoms with Crippen molar-refractivity contribution in [2.24, 2.45) is 5.41 Å². The van der Waals surface area contributed by atoms with Gasteiger partial charge in [-0.25, -0.2) is 0 Å². The Morgan fingerprint density at radius 3 is 2.56 bits per heavy atom. The summed E-state index contributed by atoms with van der Waals surface area (Å²) in [5.41, 5.74) is 2.71. The quantitative estimate of drug-likeness (QED) is 0.730. The normalized spacial score (nSPS) is 19.1. The van der Waals surface area contributed by atoms with Gasteiger partial charge >= 0.3 is 0 Å². The van der Waals surface area contributed by atoms with E-state index < -0.39 is 0 Å². The summed E-state index contributed by atoms with van der Waals surface area (Å²) in [5, 5.41) is 4.59. The molecule has 0 bridgehead atoms. The molecule has 0 spiro atoms. The van der Waals surface area contributed by atoms with Crippen molar-refractivity contribution in [2.45, 2.75) is 58.9 Å². The molecule has 1 fully saturated rings. The lowest BCUT2D eigenvalue weighted by atomic mass is 9.72. The molecule has 1 aliphatic carbocycles. The topological polar surface area (TPSA) is 17.8 Å². The number of nitrogens with zero attached hydrogens (tertiary/aromatic N) is 2. The van der Waals surface area contributed by atoms with E-state index in [-0.39, 0.29) is 0 Å². The minimum absolute atomic E-state index is 0.293. The SMILES string of the molecule is CCn1nc(C)c(Br)c1CC1(CCl)CCCCC1. The summed E-state index contributed by atoms with van der Waals surface area (Å²) in [4.78, 5) is 0. The zero-order valence-corrected chi connectivity index (χ0v) is 13.6. The number of alkyl halides is 1. The summed E-state index contributed by atoms with van der Waals surface area (Å²) < 4.78 is 3.31. The highest BCUT2D eigenvalue weighted by molar-refractivity contribution is 9.10. The molecule has 18 heavy (non-hydrogen) atoms. The van der Waals surface area contributed by atoms with Crippen LogP contribution in [0.4, 0.5) is 0 Å². The van der Waals surface area contributed by atoms with Crippen LogP contribution in [0.25, 0.3) is 0 Å². The van der Waals surface area contributed by atoms with Crippen molar-refractivity contribution in [1.82, 2.24) is 9.78 Å². The maximum Gasteiger partial charge on any atom is 0.0738 e. The summed E-state index contributed by atoms with van der Waals surface area (Å²) in [6.45, 7) is 5.14. The van der Waals surface area contributed by atoms with E-state index in [1.165, 1.54) is 42.3 Å². The summed E-state index contributed by atoms with van der Waals surface area (Å²) in [5.74, 6) is 0.771. The predicted molar refractivity (Wildman–Crippen MR) is 80.3 cm³/mol. The van der Waals surface area contributed by atoms with E-state index in [4.69, 9.17) is 11.6 Å². The molecule has 0 amide bonds. The van der Waals surface area contributed by atoms with Gasteiger partial charge in [-0.3, -0.25) is 4.68 Å². The third-order valence-corrected chi connectivity index (χ3v) is 5.79. The Balaban J connectivity index is 2.26. The van der Waals surface area contributed by atoms with Crippen LogP contribution in [0, 0.1) is 12.3 Å². The molecule has 1 aliphatic rings. The van der Waals surface area contributed by atoms with Gasteiger partial charge in [0.05, 0.1) is 15.9 Å². The van der Waals surface area contributed by atoms with Gasteiger partial charge < -0.3 is 0 Å². The summed E-state index contributed by atoms with van der Waals surface area (Å²) in [6, 6.07) is 0. The smallest absolute Gasteiger partial charge is 0.0738 e. The number of hydrogen-bond donors (Lipinski definition) is 0. The predicted octanol–water partition coefficient (Wildman–Crippen LogP) is 4.71. The monoisotopic (exact) mass is 332 g/mol. The molecule has 1 saturated carbocycles. The van der Waals surface area contributed by atoms with E-state index >= 15 is 0 Å². The second-order valence-electron chi connectivity index (χ2n) is 5.53. The Kier molecular flexibility index (Phi) is 4.76. The molecule has 0 saturated heterocycles. The molecule has 0 atom stereocenters. The van der Waals surface area contributed by atoms with Crippen molar-refractivity contribution in [1.29, 1.82) is 0 Å². The van der Waals surface area contributed by atoms with Gasteiger partial charge in [-0.2, -0.15) is 5.10 Å². The van der Waals surface area contributed by atoms with Gasteiger partial charge in [-0.05, 0) is 54.5 Å². The van der Waals surface area contributed by atoms with Crippen LogP contribution in [-0.4, -0.2) is 15.7 Å². The summed E-state index contributed by atoms with van der Waals surface area (Å²) in [7, 11) is 0. The van der Waals surface area contributed by atoms with Gasteiger partial charge in [0.2, 0.25) is 0 Å². The first-order valence-electron chi connectivity index (χ1n) is 6.89. The van der Waals surface area contributed by atoms with Gasteiger partial charge in [0.25, 0.3) is 0 Å². The number of aryl methyl sites for hydroxylation is 2. The Hall–Kier alpha value is -0.0200. The molecule has 102 valence electrons. The Morgan fingerprint density at radius 1 is 1.33 bits per heavy atom. The highest BCUT2D eigenvalue weighted by Crippen LogP contribution is 2.41. The minimum atomic E-state index is 0.293. The van der Waals surface area contributed by atoms with E-state index in [0.717, 1.165) is 24.5 Å². The summed E-state index contributed by atoms with van der Waals surface area (Å²) in [6.07, 6.45) is 7.60. The Labute approximate surface area is 123 Å². The Bertz CT molecular complexity index is 408. The molecule has 0 unspecified atom stereocenters. The highest BCUT2D eigenvalue weighted by Gasteiger charge is 2.33. The molecule has 0 aromatic carbocycles. The largest absolute Gasteiger partial charge is 0.268 e. The average molecular weight is 334 g/mol. The zero-order chi connectivity index (χ0) is 13.2. The molecule has 1 heterocycles. The van der Waals surface area contributed by atoms with Crippen molar-refractivity contribution in [3.63, 3.8) is 0 Å². The van der Waals surface area contributed by atoms with Crippen LogP contribution >= 0.6 is 27.5 Å².